The summed E-state index contributed by atoms with van der Waals surface area (Å²) < 4.78 is 4.78. The summed E-state index contributed by atoms with van der Waals surface area (Å²) in [5.74, 6) is -0.146. The van der Waals surface area contributed by atoms with Gasteiger partial charge in [0.25, 0.3) is 0 Å². The van der Waals surface area contributed by atoms with Gasteiger partial charge in [0.05, 0.1) is 13.2 Å². The first kappa shape index (κ1) is 13.7. The Kier molecular flexibility index (Phi) is 6.44. The van der Waals surface area contributed by atoms with Gasteiger partial charge in [0.2, 0.25) is 5.91 Å². The maximum atomic E-state index is 11.2. The number of ether oxygens (including phenoxy) is 1. The van der Waals surface area contributed by atoms with Crippen molar-refractivity contribution in [3.63, 3.8) is 0 Å². The molecule has 0 heterocycles. The Morgan fingerprint density at radius 3 is 2.20 bits per heavy atom. The first-order valence-corrected chi connectivity index (χ1v) is 4.84. The van der Waals surface area contributed by atoms with Gasteiger partial charge >= 0.3 is 6.09 Å². The fourth-order valence-electron chi connectivity index (χ4n) is 0.905. The predicted molar refractivity (Wildman–Crippen MR) is 56.3 cm³/mol. The zero-order valence-corrected chi connectivity index (χ0v) is 9.52. The molecule has 0 rings (SSSR count). The third-order valence-corrected chi connectivity index (χ3v) is 1.95. The Morgan fingerprint density at radius 1 is 1.20 bits per heavy atom. The van der Waals surface area contributed by atoms with Crippen molar-refractivity contribution in [2.45, 2.75) is 6.92 Å². The second-order valence-electron chi connectivity index (χ2n) is 3.14. The average Bonchev–Trinajstić information content (AvgIpc) is 2.24. The fourth-order valence-corrected chi connectivity index (χ4v) is 0.905. The van der Waals surface area contributed by atoms with E-state index < -0.39 is 0 Å². The SMILES string of the molecule is CCOC(=O)N(C)CCN(C)C(=O)CN. The van der Waals surface area contributed by atoms with Gasteiger partial charge in [-0.1, -0.05) is 0 Å². The van der Waals surface area contributed by atoms with E-state index in [-0.39, 0.29) is 18.5 Å². The molecule has 0 atom stereocenters. The van der Waals surface area contributed by atoms with Crippen LogP contribution < -0.4 is 5.73 Å². The molecule has 2 N–H and O–H groups in total. The van der Waals surface area contributed by atoms with Crippen LogP contribution in [0.15, 0.2) is 0 Å². The standard InChI is InChI=1S/C9H19N3O3/c1-4-15-9(14)12(3)6-5-11(2)8(13)7-10/h4-7,10H2,1-3H3. The van der Waals surface area contributed by atoms with Crippen LogP contribution in [0.2, 0.25) is 0 Å². The van der Waals surface area contributed by atoms with Crippen LogP contribution in [0.5, 0.6) is 0 Å². The molecule has 15 heavy (non-hydrogen) atoms. The molecule has 0 aliphatic rings. The van der Waals surface area contributed by atoms with Gasteiger partial charge in [0, 0.05) is 27.2 Å². The molecule has 0 saturated heterocycles. The van der Waals surface area contributed by atoms with Crippen molar-refractivity contribution >= 4 is 12.0 Å². The molecule has 6 heteroatoms. The minimum absolute atomic E-state index is 0.0143. The maximum absolute atomic E-state index is 11.2. The zero-order chi connectivity index (χ0) is 11.8. The van der Waals surface area contributed by atoms with Crippen LogP contribution in [-0.2, 0) is 9.53 Å². The summed E-state index contributed by atoms with van der Waals surface area (Å²) in [4.78, 5) is 25.2. The van der Waals surface area contributed by atoms with Gasteiger partial charge in [-0.25, -0.2) is 4.79 Å². The lowest BCUT2D eigenvalue weighted by molar-refractivity contribution is -0.128. The lowest BCUT2D eigenvalue weighted by Crippen LogP contribution is -2.39. The lowest BCUT2D eigenvalue weighted by Gasteiger charge is -2.21. The summed E-state index contributed by atoms with van der Waals surface area (Å²) in [7, 11) is 3.27. The number of nitrogens with zero attached hydrogens (tertiary/aromatic N) is 2. The topological polar surface area (TPSA) is 75.9 Å². The van der Waals surface area contributed by atoms with Gasteiger partial charge in [0.15, 0.2) is 0 Å². The number of carbonyl (C=O) groups is 2. The summed E-state index contributed by atoms with van der Waals surface area (Å²) >= 11 is 0. The molecule has 6 nitrogen and oxygen atoms in total. The molecule has 0 aromatic rings. The van der Waals surface area contributed by atoms with Crippen LogP contribution in [0, 0.1) is 0 Å². The van der Waals surface area contributed by atoms with Crippen molar-refractivity contribution in [3.05, 3.63) is 0 Å². The Labute approximate surface area is 90.0 Å². The summed E-state index contributed by atoms with van der Waals surface area (Å²) in [5.41, 5.74) is 5.19. The first-order valence-electron chi connectivity index (χ1n) is 4.84. The van der Waals surface area contributed by atoms with E-state index >= 15 is 0 Å². The number of hydrogen-bond acceptors (Lipinski definition) is 4. The van der Waals surface area contributed by atoms with Crippen LogP contribution in [-0.4, -0.2) is 62.1 Å². The second-order valence-corrected chi connectivity index (χ2v) is 3.14. The highest BCUT2D eigenvalue weighted by Gasteiger charge is 2.11. The Morgan fingerprint density at radius 2 is 1.73 bits per heavy atom. The third kappa shape index (κ3) is 5.21. The largest absolute Gasteiger partial charge is 0.450 e. The van der Waals surface area contributed by atoms with E-state index in [9.17, 15) is 9.59 Å². The van der Waals surface area contributed by atoms with Crippen molar-refractivity contribution in [2.75, 3.05) is 40.3 Å². The number of likely N-dealkylation sites (N-methyl/N-ethyl adjacent to an activating group) is 2. The van der Waals surface area contributed by atoms with Crippen LogP contribution >= 0.6 is 0 Å². The minimum atomic E-state index is -0.383. The predicted octanol–water partition coefficient (Wildman–Crippen LogP) is -0.508. The van der Waals surface area contributed by atoms with Gasteiger partial charge in [-0.05, 0) is 6.92 Å². The van der Waals surface area contributed by atoms with Crippen molar-refractivity contribution in [2.24, 2.45) is 5.73 Å². The molecule has 0 aromatic heterocycles. The van der Waals surface area contributed by atoms with Crippen LogP contribution in [0.3, 0.4) is 0 Å². The fraction of sp³-hybridized carbons (Fsp3) is 0.778. The summed E-state index contributed by atoms with van der Waals surface area (Å²) in [5, 5.41) is 0. The quantitative estimate of drug-likeness (QED) is 0.673. The van der Waals surface area contributed by atoms with E-state index in [0.29, 0.717) is 19.7 Å². The Balaban J connectivity index is 3.84. The smallest absolute Gasteiger partial charge is 0.409 e. The second kappa shape index (κ2) is 7.05. The van der Waals surface area contributed by atoms with E-state index in [4.69, 9.17) is 10.5 Å². The van der Waals surface area contributed by atoms with Crippen molar-refractivity contribution in [1.82, 2.24) is 9.80 Å². The van der Waals surface area contributed by atoms with Crippen molar-refractivity contribution in [3.8, 4) is 0 Å². The molecule has 88 valence electrons. The van der Waals surface area contributed by atoms with Crippen molar-refractivity contribution in [1.29, 1.82) is 0 Å². The number of rotatable bonds is 5. The monoisotopic (exact) mass is 217 g/mol. The summed E-state index contributed by atoms with van der Waals surface area (Å²) in [6, 6.07) is 0. The highest BCUT2D eigenvalue weighted by molar-refractivity contribution is 5.77. The van der Waals surface area contributed by atoms with Crippen LogP contribution in [0.1, 0.15) is 6.92 Å². The zero-order valence-electron chi connectivity index (χ0n) is 9.52. The molecule has 2 amide bonds. The van der Waals surface area contributed by atoms with Gasteiger partial charge in [0.1, 0.15) is 0 Å². The molecular weight excluding hydrogens is 198 g/mol. The lowest BCUT2D eigenvalue weighted by atomic mass is 10.4. The van der Waals surface area contributed by atoms with Gasteiger partial charge < -0.3 is 20.3 Å². The third-order valence-electron chi connectivity index (χ3n) is 1.95. The molecular formula is C9H19N3O3. The molecule has 0 spiro atoms. The molecule has 0 fully saturated rings. The van der Waals surface area contributed by atoms with E-state index in [2.05, 4.69) is 0 Å². The Bertz CT molecular complexity index is 221. The van der Waals surface area contributed by atoms with Crippen LogP contribution in [0.4, 0.5) is 4.79 Å². The normalized spacial score (nSPS) is 9.60. The molecule has 0 saturated carbocycles. The number of amides is 2. The molecule has 0 aliphatic heterocycles. The van der Waals surface area contributed by atoms with Crippen molar-refractivity contribution < 1.29 is 14.3 Å². The number of carbonyl (C=O) groups excluding carboxylic acids is 2. The van der Waals surface area contributed by atoms with E-state index in [1.165, 1.54) is 9.80 Å². The number of nitrogens with two attached hydrogens (primary N) is 1. The Hall–Kier alpha value is -1.30. The highest BCUT2D eigenvalue weighted by atomic mass is 16.5. The number of hydrogen-bond donors (Lipinski definition) is 1. The summed E-state index contributed by atoms with van der Waals surface area (Å²) in [6.07, 6.45) is -0.383. The average molecular weight is 217 g/mol. The molecule has 0 aliphatic carbocycles. The molecule has 0 radical (unpaired) electrons. The van der Waals surface area contributed by atoms with Gasteiger partial charge in [-0.2, -0.15) is 0 Å². The molecule has 0 aromatic carbocycles. The van der Waals surface area contributed by atoms with Gasteiger partial charge in [-0.3, -0.25) is 4.79 Å². The highest BCUT2D eigenvalue weighted by Crippen LogP contribution is 1.91. The first-order chi connectivity index (χ1) is 7.02. The molecule has 0 bridgehead atoms. The molecule has 0 unspecified atom stereocenters. The summed E-state index contributed by atoms with van der Waals surface area (Å²) in [6.45, 7) is 2.96. The minimum Gasteiger partial charge on any atom is -0.450 e. The van der Waals surface area contributed by atoms with E-state index in [0.717, 1.165) is 0 Å². The van der Waals surface area contributed by atoms with E-state index in [1.807, 2.05) is 0 Å². The van der Waals surface area contributed by atoms with Crippen LogP contribution in [0.25, 0.3) is 0 Å². The maximum Gasteiger partial charge on any atom is 0.409 e. The van der Waals surface area contributed by atoms with E-state index in [1.54, 1.807) is 21.0 Å². The van der Waals surface area contributed by atoms with Gasteiger partial charge in [-0.15, -0.1) is 0 Å².